The first kappa shape index (κ1) is 22.7. The molecular formula is C26H27FN4O2S. The zero-order chi connectivity index (χ0) is 23.9. The first-order chi connectivity index (χ1) is 16.3. The molecule has 1 atom stereocenters. The number of aromatic nitrogens is 3. The molecule has 0 fully saturated rings. The first-order valence-electron chi connectivity index (χ1n) is 11.4. The highest BCUT2D eigenvalue weighted by molar-refractivity contribution is 7.98. The van der Waals surface area contributed by atoms with Gasteiger partial charge in [0.1, 0.15) is 17.6 Å². The number of halogens is 1. The van der Waals surface area contributed by atoms with Gasteiger partial charge in [-0.2, -0.15) is 4.98 Å². The van der Waals surface area contributed by atoms with E-state index in [1.165, 1.54) is 23.9 Å². The number of carbonyl (C=O) groups is 1. The third-order valence-corrected chi connectivity index (χ3v) is 6.99. The van der Waals surface area contributed by atoms with Crippen LogP contribution in [-0.2, 0) is 10.5 Å². The van der Waals surface area contributed by atoms with Gasteiger partial charge in [-0.1, -0.05) is 55.9 Å². The summed E-state index contributed by atoms with van der Waals surface area (Å²) in [6.45, 7) is 6.69. The Kier molecular flexibility index (Phi) is 5.93. The lowest BCUT2D eigenvalue weighted by Crippen LogP contribution is -2.36. The number of benzene rings is 2. The molecule has 2 heterocycles. The number of anilines is 1. The molecule has 176 valence electrons. The lowest BCUT2D eigenvalue weighted by Gasteiger charge is -2.38. The monoisotopic (exact) mass is 478 g/mol. The van der Waals surface area contributed by atoms with E-state index in [9.17, 15) is 9.18 Å². The van der Waals surface area contributed by atoms with Crippen molar-refractivity contribution in [3.63, 3.8) is 0 Å². The topological polar surface area (TPSA) is 69.0 Å². The lowest BCUT2D eigenvalue weighted by molar-refractivity contribution is -0.118. The summed E-state index contributed by atoms with van der Waals surface area (Å²) in [6, 6.07) is 13.9. The van der Waals surface area contributed by atoms with Gasteiger partial charge in [-0.15, -0.1) is 5.10 Å². The fourth-order valence-corrected chi connectivity index (χ4v) is 5.48. The van der Waals surface area contributed by atoms with Crippen molar-refractivity contribution in [1.82, 2.24) is 14.8 Å². The number of rotatable bonds is 6. The minimum atomic E-state index is -0.423. The molecule has 0 spiro atoms. The molecule has 3 aromatic rings. The number of allylic oxidation sites excluding steroid dienone is 2. The Morgan fingerprint density at radius 2 is 2.03 bits per heavy atom. The van der Waals surface area contributed by atoms with Gasteiger partial charge in [0.05, 0.1) is 6.61 Å². The largest absolute Gasteiger partial charge is 0.494 e. The molecule has 34 heavy (non-hydrogen) atoms. The molecule has 0 saturated heterocycles. The SMILES string of the molecule is CCOc1ccccc1[C@@H]1C2=C(CC(C)(C)CC2=O)Nc2nc(SCc3cccc(F)c3)nn21. The van der Waals surface area contributed by atoms with Crippen LogP contribution < -0.4 is 10.1 Å². The molecule has 2 aromatic carbocycles. The second kappa shape index (κ2) is 8.91. The highest BCUT2D eigenvalue weighted by Crippen LogP contribution is 2.47. The van der Waals surface area contributed by atoms with Crippen molar-refractivity contribution in [2.75, 3.05) is 11.9 Å². The van der Waals surface area contributed by atoms with Crippen molar-refractivity contribution in [1.29, 1.82) is 0 Å². The van der Waals surface area contributed by atoms with Crippen LogP contribution in [0, 0.1) is 11.2 Å². The molecule has 5 rings (SSSR count). The van der Waals surface area contributed by atoms with Crippen molar-refractivity contribution in [2.45, 2.75) is 50.6 Å². The lowest BCUT2D eigenvalue weighted by atomic mass is 9.73. The smallest absolute Gasteiger partial charge is 0.227 e. The van der Waals surface area contributed by atoms with E-state index < -0.39 is 6.04 Å². The number of Topliss-reactive ketones (excluding diaryl/α,β-unsaturated/α-hetero) is 1. The molecule has 0 amide bonds. The number of carbonyl (C=O) groups excluding carboxylic acids is 1. The van der Waals surface area contributed by atoms with E-state index in [2.05, 4.69) is 19.2 Å². The normalized spacial score (nSPS) is 18.8. The fraction of sp³-hybridized carbons (Fsp3) is 0.346. The van der Waals surface area contributed by atoms with E-state index in [1.54, 1.807) is 10.7 Å². The molecule has 8 heteroatoms. The van der Waals surface area contributed by atoms with Crippen LogP contribution in [0.15, 0.2) is 65.0 Å². The Labute approximate surface area is 202 Å². The van der Waals surface area contributed by atoms with Gasteiger partial charge in [0.25, 0.3) is 0 Å². The Bertz CT molecular complexity index is 1280. The van der Waals surface area contributed by atoms with Crippen LogP contribution in [0.5, 0.6) is 5.75 Å². The Morgan fingerprint density at radius 3 is 2.82 bits per heavy atom. The van der Waals surface area contributed by atoms with E-state index in [-0.39, 0.29) is 17.0 Å². The quantitative estimate of drug-likeness (QED) is 0.454. The number of thioether (sulfide) groups is 1. The van der Waals surface area contributed by atoms with Gasteiger partial charge in [-0.3, -0.25) is 4.79 Å². The average molecular weight is 479 g/mol. The van der Waals surface area contributed by atoms with Crippen molar-refractivity contribution in [3.05, 3.63) is 76.7 Å². The summed E-state index contributed by atoms with van der Waals surface area (Å²) in [7, 11) is 0. The Balaban J connectivity index is 1.56. The van der Waals surface area contributed by atoms with Crippen LogP contribution in [0.4, 0.5) is 10.3 Å². The number of hydrogen-bond donors (Lipinski definition) is 1. The Hall–Kier alpha value is -3.13. The highest BCUT2D eigenvalue weighted by atomic mass is 32.2. The zero-order valence-electron chi connectivity index (χ0n) is 19.5. The molecule has 2 aliphatic rings. The van der Waals surface area contributed by atoms with Gasteiger partial charge in [0.15, 0.2) is 5.78 Å². The number of ether oxygens (including phenoxy) is 1. The molecule has 0 unspecified atom stereocenters. The summed E-state index contributed by atoms with van der Waals surface area (Å²) < 4.78 is 21.3. The van der Waals surface area contributed by atoms with E-state index in [1.807, 2.05) is 37.3 Å². The van der Waals surface area contributed by atoms with Crippen molar-refractivity contribution in [2.24, 2.45) is 5.41 Å². The van der Waals surface area contributed by atoms with Crippen LogP contribution in [0.1, 0.15) is 50.8 Å². The first-order valence-corrected chi connectivity index (χ1v) is 12.4. The van der Waals surface area contributed by atoms with Crippen LogP contribution in [0.3, 0.4) is 0 Å². The zero-order valence-corrected chi connectivity index (χ0v) is 20.3. The highest BCUT2D eigenvalue weighted by Gasteiger charge is 2.42. The molecular weight excluding hydrogens is 451 g/mol. The number of fused-ring (bicyclic) bond motifs is 1. The predicted octanol–water partition coefficient (Wildman–Crippen LogP) is 5.77. The van der Waals surface area contributed by atoms with Gasteiger partial charge in [0.2, 0.25) is 11.1 Å². The van der Waals surface area contributed by atoms with E-state index in [0.29, 0.717) is 29.9 Å². The van der Waals surface area contributed by atoms with Gasteiger partial charge >= 0.3 is 0 Å². The number of hydrogen-bond acceptors (Lipinski definition) is 6. The summed E-state index contributed by atoms with van der Waals surface area (Å²) in [4.78, 5) is 18.1. The molecule has 6 nitrogen and oxygen atoms in total. The molecule has 1 aromatic heterocycles. The third kappa shape index (κ3) is 4.34. The van der Waals surface area contributed by atoms with Gasteiger partial charge in [-0.25, -0.2) is 9.07 Å². The van der Waals surface area contributed by atoms with Crippen molar-refractivity contribution >= 4 is 23.5 Å². The average Bonchev–Trinajstić information content (AvgIpc) is 3.19. The number of para-hydroxylation sites is 1. The maximum Gasteiger partial charge on any atom is 0.227 e. The molecule has 1 N–H and O–H groups in total. The Morgan fingerprint density at radius 1 is 1.21 bits per heavy atom. The second-order valence-electron chi connectivity index (χ2n) is 9.41. The number of nitrogens with one attached hydrogen (secondary N) is 1. The van der Waals surface area contributed by atoms with Crippen LogP contribution in [0.2, 0.25) is 0 Å². The van der Waals surface area contributed by atoms with Crippen molar-refractivity contribution < 1.29 is 13.9 Å². The van der Waals surface area contributed by atoms with Crippen LogP contribution in [-0.4, -0.2) is 27.2 Å². The summed E-state index contributed by atoms with van der Waals surface area (Å²) in [5, 5.41) is 8.74. The maximum atomic E-state index is 13.6. The van der Waals surface area contributed by atoms with Crippen LogP contribution in [0.25, 0.3) is 0 Å². The standard InChI is InChI=1S/C26H27FN4O2S/c1-4-33-21-11-6-5-10-18(21)23-22-19(13-26(2,3)14-20(22)32)28-24-29-25(30-31(23)24)34-15-16-8-7-9-17(27)12-16/h5-12,23H,4,13-15H2,1-3H3,(H,28,29,30)/t23-/m1/s1. The summed E-state index contributed by atoms with van der Waals surface area (Å²) in [5.41, 5.74) is 3.24. The predicted molar refractivity (Wildman–Crippen MR) is 130 cm³/mol. The van der Waals surface area contributed by atoms with Gasteiger partial charge in [-0.05, 0) is 42.5 Å². The minimum absolute atomic E-state index is 0.116. The molecule has 0 radical (unpaired) electrons. The van der Waals surface area contributed by atoms with E-state index in [0.717, 1.165) is 34.6 Å². The minimum Gasteiger partial charge on any atom is -0.494 e. The second-order valence-corrected chi connectivity index (χ2v) is 10.4. The van der Waals surface area contributed by atoms with Crippen LogP contribution >= 0.6 is 11.8 Å². The molecule has 1 aliphatic carbocycles. The summed E-state index contributed by atoms with van der Waals surface area (Å²) in [6.07, 6.45) is 1.23. The summed E-state index contributed by atoms with van der Waals surface area (Å²) in [5.74, 6) is 1.73. The maximum absolute atomic E-state index is 13.6. The number of ketones is 1. The van der Waals surface area contributed by atoms with Crippen molar-refractivity contribution in [3.8, 4) is 5.75 Å². The molecule has 1 aliphatic heterocycles. The molecule has 0 bridgehead atoms. The summed E-state index contributed by atoms with van der Waals surface area (Å²) >= 11 is 1.44. The van der Waals surface area contributed by atoms with E-state index >= 15 is 0 Å². The van der Waals surface area contributed by atoms with Gasteiger partial charge < -0.3 is 10.1 Å². The molecule has 0 saturated carbocycles. The fourth-order valence-electron chi connectivity index (χ4n) is 4.71. The van der Waals surface area contributed by atoms with Gasteiger partial charge in [0, 0.05) is 29.0 Å². The van der Waals surface area contributed by atoms with E-state index in [4.69, 9.17) is 14.8 Å². The third-order valence-electron chi connectivity index (χ3n) is 6.08. The number of nitrogens with zero attached hydrogens (tertiary/aromatic N) is 3.